The zero-order valence-electron chi connectivity index (χ0n) is 18.4. The lowest BCUT2D eigenvalue weighted by atomic mass is 10.0. The van der Waals surface area contributed by atoms with E-state index in [1.54, 1.807) is 11.0 Å². The van der Waals surface area contributed by atoms with Crippen LogP contribution in [0.4, 0.5) is 4.79 Å². The van der Waals surface area contributed by atoms with Gasteiger partial charge in [-0.1, -0.05) is 17.7 Å². The number of halogens is 1. The first-order valence-electron chi connectivity index (χ1n) is 11.5. The van der Waals surface area contributed by atoms with Crippen LogP contribution >= 0.6 is 11.6 Å². The Kier molecular flexibility index (Phi) is 6.01. The van der Waals surface area contributed by atoms with Gasteiger partial charge in [0.2, 0.25) is 0 Å². The van der Waals surface area contributed by atoms with Gasteiger partial charge < -0.3 is 14.6 Å². The Bertz CT molecular complexity index is 965. The number of rotatable bonds is 4. The molecule has 33 heavy (non-hydrogen) atoms. The zero-order chi connectivity index (χ0) is 23.1. The number of likely N-dealkylation sites (tertiary alicyclic amines) is 3. The molecule has 0 aromatic heterocycles. The van der Waals surface area contributed by atoms with Crippen molar-refractivity contribution in [2.75, 3.05) is 39.3 Å². The Morgan fingerprint density at radius 3 is 2.18 bits per heavy atom. The number of hydroxylamine groups is 2. The van der Waals surface area contributed by atoms with E-state index in [0.717, 1.165) is 44.6 Å². The summed E-state index contributed by atoms with van der Waals surface area (Å²) < 4.78 is 0. The van der Waals surface area contributed by atoms with Crippen LogP contribution in [0.2, 0.25) is 5.02 Å². The highest BCUT2D eigenvalue weighted by molar-refractivity contribution is 6.31. The molecule has 0 aliphatic carbocycles. The minimum absolute atomic E-state index is 0.0426. The van der Waals surface area contributed by atoms with Gasteiger partial charge in [-0.2, -0.15) is 0 Å². The van der Waals surface area contributed by atoms with E-state index in [9.17, 15) is 19.2 Å². The van der Waals surface area contributed by atoms with Gasteiger partial charge in [-0.05, 0) is 42.4 Å². The molecule has 0 N–H and O–H groups in total. The summed E-state index contributed by atoms with van der Waals surface area (Å²) in [5, 5.41) is 1.20. The Balaban J connectivity index is 1.14. The lowest BCUT2D eigenvalue weighted by molar-refractivity contribution is -0.173. The molecule has 4 fully saturated rings. The summed E-state index contributed by atoms with van der Waals surface area (Å²) in [4.78, 5) is 59.2. The van der Waals surface area contributed by atoms with Crippen molar-refractivity contribution >= 4 is 35.4 Å². The number of benzene rings is 1. The molecule has 1 aromatic carbocycles. The molecule has 4 heterocycles. The van der Waals surface area contributed by atoms with Gasteiger partial charge in [0, 0.05) is 69.2 Å². The van der Waals surface area contributed by atoms with Gasteiger partial charge in [0.05, 0.1) is 0 Å². The topological polar surface area (TPSA) is 90.5 Å². The van der Waals surface area contributed by atoms with Gasteiger partial charge >= 0.3 is 6.09 Å². The van der Waals surface area contributed by atoms with Crippen LogP contribution in [-0.2, 0) is 21.0 Å². The molecular formula is C23H27ClN4O5. The molecule has 4 aliphatic heterocycles. The first-order valence-corrected chi connectivity index (χ1v) is 11.9. The number of carbonyl (C=O) groups is 4. The van der Waals surface area contributed by atoms with E-state index in [-0.39, 0.29) is 18.7 Å². The van der Waals surface area contributed by atoms with Gasteiger partial charge in [0.15, 0.2) is 0 Å². The summed E-state index contributed by atoms with van der Waals surface area (Å²) in [6.45, 7) is 5.02. The van der Waals surface area contributed by atoms with Gasteiger partial charge in [0.1, 0.15) is 0 Å². The molecule has 2 unspecified atom stereocenters. The monoisotopic (exact) mass is 474 g/mol. The molecule has 10 heteroatoms. The van der Waals surface area contributed by atoms with Gasteiger partial charge in [-0.15, -0.1) is 5.06 Å². The second kappa shape index (κ2) is 8.95. The standard InChI is InChI=1S/C23H27ClN4O5/c24-19-9-15(22(31)26-7-1-2-8-26)3-4-16(19)10-25-11-17-13-27(14-18(17)12-25)23(32)33-28-20(29)5-6-21(28)30/h3-4,9,17-18H,1-2,5-8,10-14H2. The predicted molar refractivity (Wildman–Crippen MR) is 118 cm³/mol. The second-order valence-electron chi connectivity index (χ2n) is 9.36. The number of carbonyl (C=O) groups excluding carboxylic acids is 4. The highest BCUT2D eigenvalue weighted by Gasteiger charge is 2.43. The van der Waals surface area contributed by atoms with E-state index in [2.05, 4.69) is 4.90 Å². The smallest absolute Gasteiger partial charge is 0.339 e. The van der Waals surface area contributed by atoms with Crippen LogP contribution in [-0.4, -0.2) is 82.8 Å². The molecule has 176 valence electrons. The molecule has 1 aromatic rings. The lowest BCUT2D eigenvalue weighted by Gasteiger charge is -2.23. The van der Waals surface area contributed by atoms with Gasteiger partial charge in [-0.25, -0.2) is 4.79 Å². The first-order chi connectivity index (χ1) is 15.9. The van der Waals surface area contributed by atoms with Crippen LogP contribution in [0, 0.1) is 11.8 Å². The number of amides is 4. The van der Waals surface area contributed by atoms with Crippen LogP contribution in [0.1, 0.15) is 41.6 Å². The fourth-order valence-corrected chi connectivity index (χ4v) is 5.55. The molecule has 4 aliphatic rings. The maximum atomic E-state index is 12.6. The fraction of sp³-hybridized carbons (Fsp3) is 0.565. The predicted octanol–water partition coefficient (Wildman–Crippen LogP) is 2.14. The molecule has 5 rings (SSSR count). The Labute approximate surface area is 197 Å². The average molecular weight is 475 g/mol. The van der Waals surface area contributed by atoms with Crippen LogP contribution in [0.15, 0.2) is 18.2 Å². The van der Waals surface area contributed by atoms with E-state index in [1.165, 1.54) is 0 Å². The van der Waals surface area contributed by atoms with Crippen molar-refractivity contribution in [3.63, 3.8) is 0 Å². The van der Waals surface area contributed by atoms with Crippen molar-refractivity contribution in [3.05, 3.63) is 34.3 Å². The summed E-state index contributed by atoms with van der Waals surface area (Å²) in [5.74, 6) is -0.288. The van der Waals surface area contributed by atoms with E-state index < -0.39 is 17.9 Å². The van der Waals surface area contributed by atoms with Crippen molar-refractivity contribution in [2.45, 2.75) is 32.2 Å². The largest absolute Gasteiger partial charge is 0.434 e. The van der Waals surface area contributed by atoms with Gasteiger partial charge in [-0.3, -0.25) is 19.3 Å². The van der Waals surface area contributed by atoms with Crippen molar-refractivity contribution in [2.24, 2.45) is 11.8 Å². The molecule has 2 atom stereocenters. The molecule has 0 saturated carbocycles. The number of fused-ring (bicyclic) bond motifs is 1. The van der Waals surface area contributed by atoms with Crippen LogP contribution in [0.5, 0.6) is 0 Å². The first kappa shape index (κ1) is 22.2. The van der Waals surface area contributed by atoms with E-state index in [0.29, 0.717) is 47.1 Å². The van der Waals surface area contributed by atoms with E-state index >= 15 is 0 Å². The summed E-state index contributed by atoms with van der Waals surface area (Å²) in [5.41, 5.74) is 1.62. The van der Waals surface area contributed by atoms with Crippen LogP contribution < -0.4 is 0 Å². The van der Waals surface area contributed by atoms with Crippen molar-refractivity contribution in [1.29, 1.82) is 0 Å². The fourth-order valence-electron chi connectivity index (χ4n) is 5.31. The Morgan fingerprint density at radius 1 is 0.939 bits per heavy atom. The number of hydrogen-bond donors (Lipinski definition) is 0. The molecule has 4 saturated heterocycles. The summed E-state index contributed by atoms with van der Waals surface area (Å²) in [6.07, 6.45) is 1.64. The third-order valence-electron chi connectivity index (χ3n) is 7.08. The molecule has 0 bridgehead atoms. The Morgan fingerprint density at radius 2 is 1.58 bits per heavy atom. The molecule has 0 radical (unpaired) electrons. The number of imide groups is 1. The lowest BCUT2D eigenvalue weighted by Crippen LogP contribution is -2.40. The minimum Gasteiger partial charge on any atom is -0.339 e. The molecule has 0 spiro atoms. The molecular weight excluding hydrogens is 448 g/mol. The molecule has 4 amide bonds. The normalized spacial score (nSPS) is 25.3. The quantitative estimate of drug-likeness (QED) is 0.621. The highest BCUT2D eigenvalue weighted by Crippen LogP contribution is 2.33. The van der Waals surface area contributed by atoms with E-state index in [1.807, 2.05) is 17.0 Å². The van der Waals surface area contributed by atoms with Crippen LogP contribution in [0.25, 0.3) is 0 Å². The zero-order valence-corrected chi connectivity index (χ0v) is 19.1. The van der Waals surface area contributed by atoms with Crippen molar-refractivity contribution in [1.82, 2.24) is 19.8 Å². The summed E-state index contributed by atoms with van der Waals surface area (Å²) in [6, 6.07) is 5.57. The summed E-state index contributed by atoms with van der Waals surface area (Å²) >= 11 is 6.52. The van der Waals surface area contributed by atoms with Crippen molar-refractivity contribution in [3.8, 4) is 0 Å². The average Bonchev–Trinajstić information content (AvgIpc) is 3.56. The van der Waals surface area contributed by atoms with Crippen molar-refractivity contribution < 1.29 is 24.0 Å². The molecule has 9 nitrogen and oxygen atoms in total. The maximum absolute atomic E-state index is 12.6. The second-order valence-corrected chi connectivity index (χ2v) is 9.77. The SMILES string of the molecule is O=C(ON1C(=O)CCC1=O)N1CC2CN(Cc3ccc(C(=O)N4CCCC4)cc3Cl)CC2C1. The third kappa shape index (κ3) is 4.44. The highest BCUT2D eigenvalue weighted by atomic mass is 35.5. The summed E-state index contributed by atoms with van der Waals surface area (Å²) in [7, 11) is 0. The minimum atomic E-state index is -0.638. The van der Waals surface area contributed by atoms with Gasteiger partial charge in [0.25, 0.3) is 17.7 Å². The Hall–Kier alpha value is -2.65. The number of nitrogens with zero attached hydrogens (tertiary/aromatic N) is 4. The maximum Gasteiger partial charge on any atom is 0.434 e. The third-order valence-corrected chi connectivity index (χ3v) is 7.43. The number of hydrogen-bond acceptors (Lipinski definition) is 6. The van der Waals surface area contributed by atoms with E-state index in [4.69, 9.17) is 16.4 Å². The van der Waals surface area contributed by atoms with Crippen LogP contribution in [0.3, 0.4) is 0 Å².